The van der Waals surface area contributed by atoms with Gasteiger partial charge in [-0.05, 0) is 18.4 Å². The molecule has 0 saturated heterocycles. The van der Waals surface area contributed by atoms with Crippen molar-refractivity contribution in [3.63, 3.8) is 0 Å². The summed E-state index contributed by atoms with van der Waals surface area (Å²) in [6, 6.07) is 6.78. The number of nitrogens with one attached hydrogen (secondary N) is 2. The van der Waals surface area contributed by atoms with Crippen LogP contribution in [0.15, 0.2) is 24.3 Å². The molecule has 106 valence electrons. The van der Waals surface area contributed by atoms with Crippen LogP contribution in [-0.4, -0.2) is 24.2 Å². The van der Waals surface area contributed by atoms with E-state index in [9.17, 15) is 9.90 Å². The summed E-state index contributed by atoms with van der Waals surface area (Å²) in [5.41, 5.74) is 0.617. The van der Waals surface area contributed by atoms with Crippen molar-refractivity contribution < 1.29 is 9.90 Å². The summed E-state index contributed by atoms with van der Waals surface area (Å²) in [4.78, 5) is 11.5. The molecule has 0 spiro atoms. The van der Waals surface area contributed by atoms with Crippen molar-refractivity contribution in [2.75, 3.05) is 13.1 Å². The van der Waals surface area contributed by atoms with Crippen LogP contribution in [0.4, 0.5) is 4.79 Å². The molecule has 0 radical (unpaired) electrons. The molecular weight excluding hydrogens is 264 g/mol. The van der Waals surface area contributed by atoms with Crippen LogP contribution in [0.25, 0.3) is 0 Å². The summed E-state index contributed by atoms with van der Waals surface area (Å²) in [7, 11) is 0. The molecule has 0 bridgehead atoms. The summed E-state index contributed by atoms with van der Waals surface area (Å²) < 4.78 is 0. The molecule has 2 amide bonds. The molecule has 0 aliphatic carbocycles. The van der Waals surface area contributed by atoms with Crippen molar-refractivity contribution in [2.24, 2.45) is 5.92 Å². The molecule has 1 unspecified atom stereocenters. The van der Waals surface area contributed by atoms with Gasteiger partial charge in [0.1, 0.15) is 0 Å². The minimum absolute atomic E-state index is 0.136. The molecular formula is C14H21ClN2O2. The topological polar surface area (TPSA) is 61.4 Å². The minimum Gasteiger partial charge on any atom is -0.387 e. The monoisotopic (exact) mass is 284 g/mol. The first-order valence-corrected chi connectivity index (χ1v) is 6.82. The molecule has 5 heteroatoms. The molecule has 0 aromatic heterocycles. The van der Waals surface area contributed by atoms with Crippen LogP contribution in [0.2, 0.25) is 5.02 Å². The fraction of sp³-hybridized carbons (Fsp3) is 0.500. The zero-order valence-corrected chi connectivity index (χ0v) is 12.1. The lowest BCUT2D eigenvalue weighted by Gasteiger charge is -2.14. The zero-order chi connectivity index (χ0) is 14.3. The SMILES string of the molecule is CC(C)CCNC(=O)NCC(O)c1ccccc1Cl. The van der Waals surface area contributed by atoms with E-state index in [1.165, 1.54) is 0 Å². The Morgan fingerprint density at radius 1 is 1.32 bits per heavy atom. The lowest BCUT2D eigenvalue weighted by Crippen LogP contribution is -2.38. The maximum atomic E-state index is 11.5. The first-order chi connectivity index (χ1) is 9.00. The van der Waals surface area contributed by atoms with E-state index in [1.807, 2.05) is 0 Å². The van der Waals surface area contributed by atoms with Crippen LogP contribution in [0.5, 0.6) is 0 Å². The second kappa shape index (κ2) is 8.02. The normalized spacial score (nSPS) is 12.3. The number of urea groups is 1. The highest BCUT2D eigenvalue weighted by molar-refractivity contribution is 6.31. The molecule has 19 heavy (non-hydrogen) atoms. The predicted octanol–water partition coefficient (Wildman–Crippen LogP) is 2.72. The number of aliphatic hydroxyl groups is 1. The second-order valence-electron chi connectivity index (χ2n) is 4.86. The molecule has 3 N–H and O–H groups in total. The van der Waals surface area contributed by atoms with Crippen molar-refractivity contribution >= 4 is 17.6 Å². The number of halogens is 1. The third kappa shape index (κ3) is 5.94. The van der Waals surface area contributed by atoms with Gasteiger partial charge >= 0.3 is 6.03 Å². The fourth-order valence-corrected chi connectivity index (χ4v) is 1.84. The predicted molar refractivity (Wildman–Crippen MR) is 77.3 cm³/mol. The van der Waals surface area contributed by atoms with Gasteiger partial charge in [0.05, 0.1) is 6.10 Å². The minimum atomic E-state index is -0.801. The van der Waals surface area contributed by atoms with Gasteiger partial charge in [0, 0.05) is 23.7 Å². The number of rotatable bonds is 6. The molecule has 0 aliphatic rings. The van der Waals surface area contributed by atoms with Gasteiger partial charge in [0.25, 0.3) is 0 Å². The average molecular weight is 285 g/mol. The molecule has 1 aromatic carbocycles. The van der Waals surface area contributed by atoms with E-state index in [0.29, 0.717) is 23.0 Å². The van der Waals surface area contributed by atoms with Crippen LogP contribution < -0.4 is 10.6 Å². The molecule has 0 aliphatic heterocycles. The Kier molecular flexibility index (Phi) is 6.67. The number of amides is 2. The van der Waals surface area contributed by atoms with E-state index >= 15 is 0 Å². The Bertz CT molecular complexity index is 410. The Labute approximate surface area is 119 Å². The van der Waals surface area contributed by atoms with Crippen LogP contribution in [0, 0.1) is 5.92 Å². The molecule has 0 saturated carbocycles. The van der Waals surface area contributed by atoms with Gasteiger partial charge in [-0.25, -0.2) is 4.79 Å². The van der Waals surface area contributed by atoms with Crippen molar-refractivity contribution in [3.8, 4) is 0 Å². The highest BCUT2D eigenvalue weighted by Gasteiger charge is 2.12. The Hall–Kier alpha value is -1.26. The highest BCUT2D eigenvalue weighted by atomic mass is 35.5. The number of hydrogen-bond donors (Lipinski definition) is 3. The number of benzene rings is 1. The molecule has 0 fully saturated rings. The number of hydrogen-bond acceptors (Lipinski definition) is 2. The zero-order valence-electron chi connectivity index (χ0n) is 11.3. The van der Waals surface area contributed by atoms with Gasteiger partial charge in [-0.3, -0.25) is 0 Å². The van der Waals surface area contributed by atoms with Gasteiger partial charge in [0.15, 0.2) is 0 Å². The van der Waals surface area contributed by atoms with Crippen molar-refractivity contribution in [1.29, 1.82) is 0 Å². The molecule has 0 heterocycles. The van der Waals surface area contributed by atoms with Gasteiger partial charge in [-0.2, -0.15) is 0 Å². The Morgan fingerprint density at radius 2 is 2.00 bits per heavy atom. The fourth-order valence-electron chi connectivity index (χ4n) is 1.58. The van der Waals surface area contributed by atoms with E-state index in [4.69, 9.17) is 11.6 Å². The number of carbonyl (C=O) groups is 1. The van der Waals surface area contributed by atoms with Gasteiger partial charge in [0.2, 0.25) is 0 Å². The summed E-state index contributed by atoms with van der Waals surface area (Å²) in [6.07, 6.45) is 0.130. The van der Waals surface area contributed by atoms with E-state index in [0.717, 1.165) is 6.42 Å². The van der Waals surface area contributed by atoms with E-state index in [2.05, 4.69) is 24.5 Å². The third-order valence-electron chi connectivity index (χ3n) is 2.73. The number of aliphatic hydroxyl groups excluding tert-OH is 1. The number of carbonyl (C=O) groups excluding carboxylic acids is 1. The van der Waals surface area contributed by atoms with Crippen LogP contribution in [-0.2, 0) is 0 Å². The summed E-state index contributed by atoms with van der Waals surface area (Å²) in [5.74, 6) is 0.550. The summed E-state index contributed by atoms with van der Waals surface area (Å²) in [6.45, 7) is 4.96. The van der Waals surface area contributed by atoms with Crippen LogP contribution in [0.1, 0.15) is 31.9 Å². The summed E-state index contributed by atoms with van der Waals surface area (Å²) >= 11 is 5.96. The Balaban J connectivity index is 2.32. The third-order valence-corrected chi connectivity index (χ3v) is 3.07. The average Bonchev–Trinajstić information content (AvgIpc) is 2.36. The Morgan fingerprint density at radius 3 is 2.63 bits per heavy atom. The largest absolute Gasteiger partial charge is 0.387 e. The highest BCUT2D eigenvalue weighted by Crippen LogP contribution is 2.21. The molecule has 1 atom stereocenters. The summed E-state index contributed by atoms with van der Waals surface area (Å²) in [5, 5.41) is 15.8. The lowest BCUT2D eigenvalue weighted by atomic mass is 10.1. The van der Waals surface area contributed by atoms with E-state index in [-0.39, 0.29) is 12.6 Å². The quantitative estimate of drug-likeness (QED) is 0.752. The van der Waals surface area contributed by atoms with Gasteiger partial charge in [-0.15, -0.1) is 0 Å². The van der Waals surface area contributed by atoms with E-state index in [1.54, 1.807) is 24.3 Å². The van der Waals surface area contributed by atoms with Gasteiger partial charge in [-0.1, -0.05) is 43.6 Å². The van der Waals surface area contributed by atoms with Crippen molar-refractivity contribution in [2.45, 2.75) is 26.4 Å². The standard InChI is InChI=1S/C14H21ClN2O2/c1-10(2)7-8-16-14(19)17-9-13(18)11-5-3-4-6-12(11)15/h3-6,10,13,18H,7-9H2,1-2H3,(H2,16,17,19). The first-order valence-electron chi connectivity index (χ1n) is 6.45. The van der Waals surface area contributed by atoms with Crippen molar-refractivity contribution in [3.05, 3.63) is 34.9 Å². The van der Waals surface area contributed by atoms with Crippen molar-refractivity contribution in [1.82, 2.24) is 10.6 Å². The molecule has 1 rings (SSSR count). The van der Waals surface area contributed by atoms with Crippen LogP contribution in [0.3, 0.4) is 0 Å². The molecule has 1 aromatic rings. The van der Waals surface area contributed by atoms with E-state index < -0.39 is 6.10 Å². The first kappa shape index (κ1) is 15.8. The second-order valence-corrected chi connectivity index (χ2v) is 5.26. The molecule has 4 nitrogen and oxygen atoms in total. The maximum Gasteiger partial charge on any atom is 0.314 e. The van der Waals surface area contributed by atoms with Gasteiger partial charge < -0.3 is 15.7 Å². The maximum absolute atomic E-state index is 11.5. The lowest BCUT2D eigenvalue weighted by molar-refractivity contribution is 0.173. The smallest absolute Gasteiger partial charge is 0.314 e. The van der Waals surface area contributed by atoms with Crippen LogP contribution >= 0.6 is 11.6 Å².